The first-order valence-electron chi connectivity index (χ1n) is 4.45. The highest BCUT2D eigenvalue weighted by Gasteiger charge is 2.21. The molecule has 0 fully saturated rings. The van der Waals surface area contributed by atoms with Gasteiger partial charge in [-0.2, -0.15) is 0 Å². The van der Waals surface area contributed by atoms with Crippen molar-refractivity contribution in [1.29, 1.82) is 0 Å². The maximum absolute atomic E-state index is 11.6. The minimum absolute atomic E-state index is 0.267. The number of hydrogen-bond donors (Lipinski definition) is 3. The SMILES string of the molecule is CCNC(=O)c1c(N)sc(C(N)=O)c1C. The lowest BCUT2D eigenvalue weighted by molar-refractivity contribution is 0.0956. The molecule has 0 aromatic carbocycles. The number of nitrogen functional groups attached to an aromatic ring is 1. The van der Waals surface area contributed by atoms with E-state index in [2.05, 4.69) is 5.32 Å². The highest BCUT2D eigenvalue weighted by atomic mass is 32.1. The van der Waals surface area contributed by atoms with Gasteiger partial charge < -0.3 is 16.8 Å². The Morgan fingerprint density at radius 2 is 2.07 bits per heavy atom. The van der Waals surface area contributed by atoms with Crippen molar-refractivity contribution in [3.63, 3.8) is 0 Å². The lowest BCUT2D eigenvalue weighted by atomic mass is 10.1. The number of nitrogens with two attached hydrogens (primary N) is 2. The fourth-order valence-corrected chi connectivity index (χ4v) is 2.23. The van der Waals surface area contributed by atoms with Gasteiger partial charge in [0.2, 0.25) is 0 Å². The van der Waals surface area contributed by atoms with Crippen LogP contribution in [0.4, 0.5) is 5.00 Å². The van der Waals surface area contributed by atoms with Gasteiger partial charge in [-0.05, 0) is 19.4 Å². The van der Waals surface area contributed by atoms with Gasteiger partial charge in [-0.1, -0.05) is 0 Å². The molecular formula is C9H13N3O2S. The van der Waals surface area contributed by atoms with Gasteiger partial charge in [0.1, 0.15) is 0 Å². The molecule has 2 amide bonds. The standard InChI is InChI=1S/C9H13N3O2S/c1-3-12-9(14)5-4(2)6(7(10)13)15-8(5)11/h3,11H2,1-2H3,(H2,10,13)(H,12,14). The Morgan fingerprint density at radius 3 is 2.47 bits per heavy atom. The van der Waals surface area contributed by atoms with E-state index in [4.69, 9.17) is 11.5 Å². The van der Waals surface area contributed by atoms with E-state index in [-0.39, 0.29) is 5.91 Å². The number of anilines is 1. The van der Waals surface area contributed by atoms with Crippen LogP contribution >= 0.6 is 11.3 Å². The average Bonchev–Trinajstić information content (AvgIpc) is 2.42. The van der Waals surface area contributed by atoms with Crippen LogP contribution in [0.15, 0.2) is 0 Å². The van der Waals surface area contributed by atoms with Crippen LogP contribution in [-0.2, 0) is 0 Å². The molecule has 0 aliphatic heterocycles. The van der Waals surface area contributed by atoms with E-state index in [1.54, 1.807) is 6.92 Å². The van der Waals surface area contributed by atoms with Gasteiger partial charge in [0.05, 0.1) is 15.4 Å². The number of hydrogen-bond acceptors (Lipinski definition) is 4. The molecule has 5 nitrogen and oxygen atoms in total. The average molecular weight is 227 g/mol. The molecule has 1 rings (SSSR count). The van der Waals surface area contributed by atoms with E-state index in [9.17, 15) is 9.59 Å². The predicted molar refractivity (Wildman–Crippen MR) is 60.0 cm³/mol. The summed E-state index contributed by atoms with van der Waals surface area (Å²) in [5.41, 5.74) is 11.7. The molecule has 1 heterocycles. The van der Waals surface area contributed by atoms with Gasteiger partial charge in [0, 0.05) is 6.54 Å². The fraction of sp³-hybridized carbons (Fsp3) is 0.333. The Morgan fingerprint density at radius 1 is 1.47 bits per heavy atom. The molecule has 0 unspecified atom stereocenters. The van der Waals surface area contributed by atoms with Crippen LogP contribution in [0.2, 0.25) is 0 Å². The van der Waals surface area contributed by atoms with Gasteiger partial charge in [-0.3, -0.25) is 9.59 Å². The summed E-state index contributed by atoms with van der Waals surface area (Å²) >= 11 is 1.05. The van der Waals surface area contributed by atoms with Crippen molar-refractivity contribution in [2.45, 2.75) is 13.8 Å². The first kappa shape index (κ1) is 11.5. The van der Waals surface area contributed by atoms with Crippen LogP contribution < -0.4 is 16.8 Å². The Kier molecular flexibility index (Phi) is 3.31. The molecule has 0 bridgehead atoms. The van der Waals surface area contributed by atoms with E-state index >= 15 is 0 Å². The number of nitrogens with one attached hydrogen (secondary N) is 1. The van der Waals surface area contributed by atoms with Crippen LogP contribution in [0, 0.1) is 6.92 Å². The Balaban J connectivity index is 3.19. The number of primary amides is 1. The van der Waals surface area contributed by atoms with Crippen LogP contribution in [0.1, 0.15) is 32.5 Å². The number of rotatable bonds is 3. The van der Waals surface area contributed by atoms with Crippen molar-refractivity contribution in [1.82, 2.24) is 5.32 Å². The molecule has 15 heavy (non-hydrogen) atoms. The summed E-state index contributed by atoms with van der Waals surface area (Å²) in [5, 5.41) is 2.96. The molecule has 6 heteroatoms. The number of amides is 2. The molecule has 1 aromatic rings. The highest BCUT2D eigenvalue weighted by Crippen LogP contribution is 2.29. The second kappa shape index (κ2) is 4.31. The van der Waals surface area contributed by atoms with Crippen LogP contribution in [0.25, 0.3) is 0 Å². The fourth-order valence-electron chi connectivity index (χ4n) is 1.30. The number of carbonyl (C=O) groups excluding carboxylic acids is 2. The summed E-state index contributed by atoms with van der Waals surface area (Å²) < 4.78 is 0. The molecule has 82 valence electrons. The maximum Gasteiger partial charge on any atom is 0.259 e. The van der Waals surface area contributed by atoms with Gasteiger partial charge in [0.15, 0.2) is 0 Å². The summed E-state index contributed by atoms with van der Waals surface area (Å²) in [6.45, 7) is 3.99. The molecule has 5 N–H and O–H groups in total. The van der Waals surface area contributed by atoms with E-state index in [1.165, 1.54) is 0 Å². The van der Waals surface area contributed by atoms with Crippen LogP contribution in [0.5, 0.6) is 0 Å². The van der Waals surface area contributed by atoms with Gasteiger partial charge in [-0.25, -0.2) is 0 Å². The third kappa shape index (κ3) is 2.10. The zero-order chi connectivity index (χ0) is 11.6. The topological polar surface area (TPSA) is 98.2 Å². The third-order valence-corrected chi connectivity index (χ3v) is 3.10. The van der Waals surface area contributed by atoms with E-state index in [1.807, 2.05) is 6.92 Å². The molecule has 0 atom stereocenters. The third-order valence-electron chi connectivity index (χ3n) is 1.96. The van der Waals surface area contributed by atoms with E-state index in [0.29, 0.717) is 27.5 Å². The van der Waals surface area contributed by atoms with Crippen molar-refractivity contribution in [2.24, 2.45) is 5.73 Å². The quantitative estimate of drug-likeness (QED) is 0.700. The number of carbonyl (C=O) groups is 2. The molecule has 0 aliphatic carbocycles. The summed E-state index contributed by atoms with van der Waals surface area (Å²) in [5.74, 6) is -0.823. The zero-order valence-corrected chi connectivity index (χ0v) is 9.40. The van der Waals surface area contributed by atoms with Crippen LogP contribution in [0.3, 0.4) is 0 Å². The van der Waals surface area contributed by atoms with Crippen molar-refractivity contribution >= 4 is 28.2 Å². The second-order valence-corrected chi connectivity index (χ2v) is 4.07. The van der Waals surface area contributed by atoms with Crippen molar-refractivity contribution in [2.75, 3.05) is 12.3 Å². The van der Waals surface area contributed by atoms with Crippen molar-refractivity contribution in [3.05, 3.63) is 16.0 Å². The molecule has 0 aliphatic rings. The Hall–Kier alpha value is -1.56. The van der Waals surface area contributed by atoms with Crippen molar-refractivity contribution < 1.29 is 9.59 Å². The van der Waals surface area contributed by atoms with Crippen LogP contribution in [-0.4, -0.2) is 18.4 Å². The van der Waals surface area contributed by atoms with Crippen molar-refractivity contribution in [3.8, 4) is 0 Å². The van der Waals surface area contributed by atoms with E-state index in [0.717, 1.165) is 11.3 Å². The van der Waals surface area contributed by atoms with Gasteiger partial charge in [0.25, 0.3) is 11.8 Å². The van der Waals surface area contributed by atoms with E-state index < -0.39 is 5.91 Å². The minimum atomic E-state index is -0.556. The second-order valence-electron chi connectivity index (χ2n) is 3.02. The monoisotopic (exact) mass is 227 g/mol. The molecule has 0 radical (unpaired) electrons. The summed E-state index contributed by atoms with van der Waals surface area (Å²) in [6.07, 6.45) is 0. The molecule has 1 aromatic heterocycles. The minimum Gasteiger partial charge on any atom is -0.390 e. The zero-order valence-electron chi connectivity index (χ0n) is 8.59. The summed E-state index contributed by atoms with van der Waals surface area (Å²) in [4.78, 5) is 22.9. The summed E-state index contributed by atoms with van der Waals surface area (Å²) in [7, 11) is 0. The smallest absolute Gasteiger partial charge is 0.259 e. The number of thiophene rings is 1. The first-order chi connectivity index (χ1) is 6.99. The van der Waals surface area contributed by atoms with Gasteiger partial charge >= 0.3 is 0 Å². The molecule has 0 saturated carbocycles. The lowest BCUT2D eigenvalue weighted by Crippen LogP contribution is -2.24. The normalized spacial score (nSPS) is 10.0. The Labute approximate surface area is 91.4 Å². The molecular weight excluding hydrogens is 214 g/mol. The first-order valence-corrected chi connectivity index (χ1v) is 5.27. The lowest BCUT2D eigenvalue weighted by Gasteiger charge is -2.02. The summed E-state index contributed by atoms with van der Waals surface area (Å²) in [6, 6.07) is 0. The molecule has 0 spiro atoms. The van der Waals surface area contributed by atoms with Gasteiger partial charge in [-0.15, -0.1) is 11.3 Å². The molecule has 0 saturated heterocycles. The maximum atomic E-state index is 11.6. The predicted octanol–water partition coefficient (Wildman–Crippen LogP) is 0.487. The largest absolute Gasteiger partial charge is 0.390 e. The highest BCUT2D eigenvalue weighted by molar-refractivity contribution is 7.18. The Bertz CT molecular complexity index is 412.